The fourth-order valence-corrected chi connectivity index (χ4v) is 3.57. The van der Waals surface area contributed by atoms with Crippen molar-refractivity contribution in [1.29, 1.82) is 0 Å². The minimum Gasteiger partial charge on any atom is -0.357 e. The van der Waals surface area contributed by atoms with Gasteiger partial charge < -0.3 is 9.80 Å². The lowest BCUT2D eigenvalue weighted by molar-refractivity contribution is 0.175. The second-order valence-electron chi connectivity index (χ2n) is 6.36. The van der Waals surface area contributed by atoms with Crippen LogP contribution in [0.15, 0.2) is 18.3 Å². The van der Waals surface area contributed by atoms with Gasteiger partial charge in [0.05, 0.1) is 0 Å². The van der Waals surface area contributed by atoms with Gasteiger partial charge in [-0.05, 0) is 57.3 Å². The molecule has 110 valence electrons. The highest BCUT2D eigenvalue weighted by Crippen LogP contribution is 2.23. The standard InChI is InChI=1S/C17H27N3/c1-15-6-7-17(18-14-15)20-12-8-16(9-13-20)19-10-4-2-3-5-11-19/h6-7,14,16H,2-5,8-13H2,1H3. The first-order valence-corrected chi connectivity index (χ1v) is 8.24. The Morgan fingerprint density at radius 3 is 2.25 bits per heavy atom. The zero-order chi connectivity index (χ0) is 13.8. The van der Waals surface area contributed by atoms with Gasteiger partial charge in [-0.3, -0.25) is 0 Å². The molecule has 0 aromatic carbocycles. The molecule has 0 atom stereocenters. The van der Waals surface area contributed by atoms with Crippen molar-refractivity contribution in [2.45, 2.75) is 51.5 Å². The molecule has 1 aromatic heterocycles. The molecule has 0 radical (unpaired) electrons. The summed E-state index contributed by atoms with van der Waals surface area (Å²) in [6.45, 7) is 7.08. The van der Waals surface area contributed by atoms with Crippen LogP contribution in [0.2, 0.25) is 0 Å². The number of aryl methyl sites for hydroxylation is 1. The Bertz CT molecular complexity index is 399. The van der Waals surface area contributed by atoms with Crippen LogP contribution in [0.25, 0.3) is 0 Å². The first-order valence-electron chi connectivity index (χ1n) is 8.24. The Labute approximate surface area is 123 Å². The number of nitrogens with zero attached hydrogens (tertiary/aromatic N) is 3. The van der Waals surface area contributed by atoms with Crippen LogP contribution in [0, 0.1) is 6.92 Å². The Morgan fingerprint density at radius 1 is 0.950 bits per heavy atom. The number of hydrogen-bond acceptors (Lipinski definition) is 3. The molecule has 0 unspecified atom stereocenters. The molecule has 3 rings (SSSR count). The van der Waals surface area contributed by atoms with Gasteiger partial charge in [0, 0.05) is 25.3 Å². The van der Waals surface area contributed by atoms with E-state index in [2.05, 4.69) is 33.8 Å². The number of anilines is 1. The van der Waals surface area contributed by atoms with Crippen LogP contribution in [0.5, 0.6) is 0 Å². The summed E-state index contributed by atoms with van der Waals surface area (Å²) in [5, 5.41) is 0. The van der Waals surface area contributed by atoms with Gasteiger partial charge in [0.2, 0.25) is 0 Å². The molecule has 20 heavy (non-hydrogen) atoms. The molecule has 2 aliphatic heterocycles. The van der Waals surface area contributed by atoms with Crippen molar-refractivity contribution in [3.8, 4) is 0 Å². The molecule has 2 saturated heterocycles. The van der Waals surface area contributed by atoms with Gasteiger partial charge in [0.25, 0.3) is 0 Å². The summed E-state index contributed by atoms with van der Waals surface area (Å²) < 4.78 is 0. The van der Waals surface area contributed by atoms with Gasteiger partial charge in [-0.1, -0.05) is 18.9 Å². The van der Waals surface area contributed by atoms with Crippen molar-refractivity contribution in [1.82, 2.24) is 9.88 Å². The number of aromatic nitrogens is 1. The van der Waals surface area contributed by atoms with E-state index in [1.807, 2.05) is 6.20 Å². The molecule has 0 amide bonds. The lowest BCUT2D eigenvalue weighted by Gasteiger charge is -2.38. The maximum absolute atomic E-state index is 4.57. The number of rotatable bonds is 2. The van der Waals surface area contributed by atoms with E-state index in [1.54, 1.807) is 0 Å². The molecule has 3 nitrogen and oxygen atoms in total. The molecular weight excluding hydrogens is 246 g/mol. The first-order chi connectivity index (χ1) is 9.83. The lowest BCUT2D eigenvalue weighted by atomic mass is 10.0. The van der Waals surface area contributed by atoms with Gasteiger partial charge in [0.1, 0.15) is 5.82 Å². The van der Waals surface area contributed by atoms with E-state index in [-0.39, 0.29) is 0 Å². The predicted molar refractivity (Wildman–Crippen MR) is 84.3 cm³/mol. The van der Waals surface area contributed by atoms with Gasteiger partial charge in [-0.15, -0.1) is 0 Å². The summed E-state index contributed by atoms with van der Waals surface area (Å²) >= 11 is 0. The van der Waals surface area contributed by atoms with Crippen LogP contribution in [0.3, 0.4) is 0 Å². The monoisotopic (exact) mass is 273 g/mol. The largest absolute Gasteiger partial charge is 0.357 e. The lowest BCUT2D eigenvalue weighted by Crippen LogP contribution is -2.45. The van der Waals surface area contributed by atoms with E-state index in [0.717, 1.165) is 24.9 Å². The minimum atomic E-state index is 0.815. The molecular formula is C17H27N3. The van der Waals surface area contributed by atoms with Crippen molar-refractivity contribution in [3.63, 3.8) is 0 Å². The Balaban J connectivity index is 1.54. The van der Waals surface area contributed by atoms with E-state index < -0.39 is 0 Å². The summed E-state index contributed by atoms with van der Waals surface area (Å²) in [5.41, 5.74) is 1.24. The Kier molecular flexibility index (Phi) is 4.56. The molecule has 1 aromatic rings. The molecule has 0 saturated carbocycles. The third-order valence-electron chi connectivity index (χ3n) is 4.84. The van der Waals surface area contributed by atoms with E-state index in [1.165, 1.54) is 57.2 Å². The van der Waals surface area contributed by atoms with Crippen LogP contribution in [-0.4, -0.2) is 42.1 Å². The van der Waals surface area contributed by atoms with Crippen LogP contribution in [-0.2, 0) is 0 Å². The summed E-state index contributed by atoms with van der Waals surface area (Å²) in [6.07, 6.45) is 10.3. The van der Waals surface area contributed by atoms with E-state index >= 15 is 0 Å². The SMILES string of the molecule is Cc1ccc(N2CCC(N3CCCCCC3)CC2)nc1. The zero-order valence-electron chi connectivity index (χ0n) is 12.7. The number of hydrogen-bond donors (Lipinski definition) is 0. The topological polar surface area (TPSA) is 19.4 Å². The van der Waals surface area contributed by atoms with Gasteiger partial charge >= 0.3 is 0 Å². The zero-order valence-corrected chi connectivity index (χ0v) is 12.7. The molecule has 2 aliphatic rings. The van der Waals surface area contributed by atoms with Crippen molar-refractivity contribution < 1.29 is 0 Å². The second-order valence-corrected chi connectivity index (χ2v) is 6.36. The molecule has 2 fully saturated rings. The fourth-order valence-electron chi connectivity index (χ4n) is 3.57. The summed E-state index contributed by atoms with van der Waals surface area (Å²) in [7, 11) is 0. The number of piperidine rings is 1. The number of likely N-dealkylation sites (tertiary alicyclic amines) is 1. The first kappa shape index (κ1) is 13.9. The summed E-state index contributed by atoms with van der Waals surface area (Å²) in [5.74, 6) is 1.16. The van der Waals surface area contributed by atoms with Crippen LogP contribution in [0.1, 0.15) is 44.1 Å². The number of pyridine rings is 1. The third-order valence-corrected chi connectivity index (χ3v) is 4.84. The van der Waals surface area contributed by atoms with Crippen LogP contribution in [0.4, 0.5) is 5.82 Å². The average molecular weight is 273 g/mol. The molecule has 3 heterocycles. The van der Waals surface area contributed by atoms with Gasteiger partial charge in [-0.25, -0.2) is 4.98 Å². The predicted octanol–water partition coefficient (Wildman–Crippen LogP) is 3.23. The smallest absolute Gasteiger partial charge is 0.128 e. The van der Waals surface area contributed by atoms with Crippen LogP contribution >= 0.6 is 0 Å². The Hall–Kier alpha value is -1.09. The molecule has 0 spiro atoms. The second kappa shape index (κ2) is 6.57. The minimum absolute atomic E-state index is 0.815. The highest BCUT2D eigenvalue weighted by atomic mass is 15.2. The van der Waals surface area contributed by atoms with Crippen molar-refractivity contribution >= 4 is 5.82 Å². The van der Waals surface area contributed by atoms with Crippen molar-refractivity contribution in [2.24, 2.45) is 0 Å². The van der Waals surface area contributed by atoms with E-state index in [9.17, 15) is 0 Å². The Morgan fingerprint density at radius 2 is 1.65 bits per heavy atom. The summed E-state index contributed by atoms with van der Waals surface area (Å²) in [6, 6.07) is 5.15. The highest BCUT2D eigenvalue weighted by Gasteiger charge is 2.25. The fraction of sp³-hybridized carbons (Fsp3) is 0.706. The quantitative estimate of drug-likeness (QED) is 0.824. The maximum Gasteiger partial charge on any atom is 0.128 e. The van der Waals surface area contributed by atoms with Crippen LogP contribution < -0.4 is 4.90 Å². The summed E-state index contributed by atoms with van der Waals surface area (Å²) in [4.78, 5) is 9.78. The molecule has 0 N–H and O–H groups in total. The van der Waals surface area contributed by atoms with E-state index in [0.29, 0.717) is 0 Å². The van der Waals surface area contributed by atoms with Gasteiger partial charge in [0.15, 0.2) is 0 Å². The van der Waals surface area contributed by atoms with E-state index in [4.69, 9.17) is 0 Å². The van der Waals surface area contributed by atoms with Crippen molar-refractivity contribution in [2.75, 3.05) is 31.1 Å². The maximum atomic E-state index is 4.57. The van der Waals surface area contributed by atoms with Gasteiger partial charge in [-0.2, -0.15) is 0 Å². The van der Waals surface area contributed by atoms with Crippen molar-refractivity contribution in [3.05, 3.63) is 23.9 Å². The normalized spacial score (nSPS) is 22.8. The molecule has 0 bridgehead atoms. The third kappa shape index (κ3) is 3.32. The highest BCUT2D eigenvalue weighted by molar-refractivity contribution is 5.39. The molecule has 3 heteroatoms. The molecule has 0 aliphatic carbocycles. The average Bonchev–Trinajstić information content (AvgIpc) is 2.77.